The molecule has 5 aromatic carbocycles. The van der Waals surface area contributed by atoms with E-state index in [1.54, 1.807) is 0 Å². The highest BCUT2D eigenvalue weighted by Gasteiger charge is 2.34. The van der Waals surface area contributed by atoms with Crippen molar-refractivity contribution in [2.45, 2.75) is 59.4 Å². The number of para-hydroxylation sites is 2. The first-order chi connectivity index (χ1) is 23.6. The number of nitrogens with one attached hydrogen (secondary N) is 1. The average Bonchev–Trinajstić information content (AvgIpc) is 3.09. The number of hydrogen-bond donors (Lipinski definition) is 1. The topological polar surface area (TPSA) is 24.9 Å². The Morgan fingerprint density at radius 2 is 1.18 bits per heavy atom. The lowest BCUT2D eigenvalue weighted by Gasteiger charge is -2.36. The molecule has 2 heterocycles. The van der Waals surface area contributed by atoms with Gasteiger partial charge in [-0.3, -0.25) is 0 Å². The van der Waals surface area contributed by atoms with E-state index in [0.717, 1.165) is 17.5 Å². The van der Waals surface area contributed by atoms with Crippen molar-refractivity contribution in [3.05, 3.63) is 150 Å². The zero-order valence-electron chi connectivity index (χ0n) is 29.3. The SMILES string of the molecule is CC(C)(C)C1=CCC2Nc3ccc(C(C)(C)C)cc3P(c3ccccc3)c3cccc4cc5cccc(c5nc34)P(c3ccccc3)C2=C1. The van der Waals surface area contributed by atoms with Gasteiger partial charge in [0.15, 0.2) is 0 Å². The Hall–Kier alpha value is -4.09. The van der Waals surface area contributed by atoms with Crippen molar-refractivity contribution in [3.63, 3.8) is 0 Å². The van der Waals surface area contributed by atoms with Gasteiger partial charge >= 0.3 is 0 Å². The highest BCUT2D eigenvalue weighted by Crippen LogP contribution is 2.51. The fraction of sp³-hybridized carbons (Fsp3) is 0.222. The first-order valence-electron chi connectivity index (χ1n) is 17.4. The normalized spacial score (nSPS) is 19.3. The Kier molecular flexibility index (Phi) is 8.10. The molecule has 1 aliphatic carbocycles. The van der Waals surface area contributed by atoms with E-state index in [1.807, 2.05) is 0 Å². The standard InChI is InChI=1S/C45H44N2P2/c1-44(2,3)32-23-25-36-40(28-32)48(34-17-9-7-10-18-34)38-21-13-15-30-27-31-16-14-22-39(43(31)47-42(30)38)49(35-19-11-8-12-20-35)41-29-33(45(4,5)6)24-26-37(41)46-36/h7-25,27-29,37,46H,26H2,1-6H3. The molecule has 0 saturated carbocycles. The summed E-state index contributed by atoms with van der Waals surface area (Å²) in [4.78, 5) is 5.74. The minimum atomic E-state index is -0.944. The summed E-state index contributed by atoms with van der Waals surface area (Å²) >= 11 is 0. The first kappa shape index (κ1) is 32.1. The Morgan fingerprint density at radius 1 is 0.592 bits per heavy atom. The van der Waals surface area contributed by atoms with Crippen molar-refractivity contribution in [2.24, 2.45) is 5.41 Å². The number of aromatic nitrogens is 1. The highest BCUT2D eigenvalue weighted by atomic mass is 31.1. The molecule has 0 spiro atoms. The number of benzene rings is 5. The smallest absolute Gasteiger partial charge is 0.0793 e. The minimum Gasteiger partial charge on any atom is -0.377 e. The molecule has 1 aromatic heterocycles. The first-order valence-corrected chi connectivity index (χ1v) is 20.1. The number of nitrogens with zero attached hydrogens (tertiary/aromatic N) is 1. The molecule has 4 heteroatoms. The third-order valence-corrected chi connectivity index (χ3v) is 15.1. The van der Waals surface area contributed by atoms with Crippen LogP contribution in [0.15, 0.2) is 144 Å². The molecule has 0 fully saturated rings. The number of allylic oxidation sites excluding steroid dienone is 2. The van der Waals surface area contributed by atoms with Crippen LogP contribution in [0.2, 0.25) is 0 Å². The molecule has 3 atom stereocenters. The van der Waals surface area contributed by atoms with Crippen molar-refractivity contribution in [2.75, 3.05) is 5.32 Å². The van der Waals surface area contributed by atoms with Gasteiger partial charge in [0.1, 0.15) is 0 Å². The molecule has 244 valence electrons. The quantitative estimate of drug-likeness (QED) is 0.146. The average molecular weight is 675 g/mol. The van der Waals surface area contributed by atoms with E-state index < -0.39 is 15.8 Å². The Balaban J connectivity index is 1.52. The second kappa shape index (κ2) is 12.4. The molecule has 1 aliphatic heterocycles. The second-order valence-electron chi connectivity index (χ2n) is 15.4. The van der Waals surface area contributed by atoms with Crippen LogP contribution >= 0.6 is 15.8 Å². The Morgan fingerprint density at radius 3 is 1.78 bits per heavy atom. The summed E-state index contributed by atoms with van der Waals surface area (Å²) < 4.78 is 0. The maximum atomic E-state index is 5.74. The molecule has 1 N–H and O–H groups in total. The largest absolute Gasteiger partial charge is 0.377 e. The van der Waals surface area contributed by atoms with Crippen LogP contribution in [0.1, 0.15) is 53.5 Å². The molecular formula is C45H44N2P2. The van der Waals surface area contributed by atoms with E-state index in [4.69, 9.17) is 4.98 Å². The van der Waals surface area contributed by atoms with Gasteiger partial charge in [0.05, 0.1) is 17.1 Å². The van der Waals surface area contributed by atoms with Crippen LogP contribution in [0.4, 0.5) is 5.69 Å². The van der Waals surface area contributed by atoms with E-state index in [-0.39, 0.29) is 16.9 Å². The van der Waals surface area contributed by atoms with E-state index in [2.05, 4.69) is 180 Å². The zero-order chi connectivity index (χ0) is 33.9. The maximum Gasteiger partial charge on any atom is 0.0793 e. The summed E-state index contributed by atoms with van der Waals surface area (Å²) in [6.07, 6.45) is 5.96. The van der Waals surface area contributed by atoms with Crippen LogP contribution in [0, 0.1) is 5.41 Å². The molecule has 2 bridgehead atoms. The predicted octanol–water partition coefficient (Wildman–Crippen LogP) is 9.93. The molecule has 0 saturated heterocycles. The van der Waals surface area contributed by atoms with Crippen molar-refractivity contribution in [3.8, 4) is 0 Å². The maximum absolute atomic E-state index is 5.74. The molecule has 6 aromatic rings. The van der Waals surface area contributed by atoms with Gasteiger partial charge in [-0.25, -0.2) is 4.98 Å². The molecule has 0 amide bonds. The minimum absolute atomic E-state index is 0.0143. The molecule has 49 heavy (non-hydrogen) atoms. The number of fused-ring (bicyclic) bond motifs is 2. The molecule has 3 unspecified atom stereocenters. The fourth-order valence-electron chi connectivity index (χ4n) is 7.26. The van der Waals surface area contributed by atoms with E-state index in [9.17, 15) is 0 Å². The fourth-order valence-corrected chi connectivity index (χ4v) is 12.5. The summed E-state index contributed by atoms with van der Waals surface area (Å²) in [7, 11) is -1.85. The lowest BCUT2D eigenvalue weighted by atomic mass is 9.82. The highest BCUT2D eigenvalue weighted by molar-refractivity contribution is 7.80. The summed E-state index contributed by atoms with van der Waals surface area (Å²) in [5, 5.41) is 14.8. The molecule has 0 radical (unpaired) electrons. The van der Waals surface area contributed by atoms with Gasteiger partial charge < -0.3 is 5.32 Å². The molecule has 2 nitrogen and oxygen atoms in total. The monoisotopic (exact) mass is 674 g/mol. The summed E-state index contributed by atoms with van der Waals surface area (Å²) in [6, 6.07) is 45.7. The van der Waals surface area contributed by atoms with Gasteiger partial charge in [0.2, 0.25) is 0 Å². The van der Waals surface area contributed by atoms with Gasteiger partial charge in [-0.2, -0.15) is 0 Å². The Bertz CT molecular complexity index is 2260. The predicted molar refractivity (Wildman–Crippen MR) is 217 cm³/mol. The molecule has 2 aliphatic rings. The van der Waals surface area contributed by atoms with Crippen LogP contribution in [-0.2, 0) is 5.41 Å². The second-order valence-corrected chi connectivity index (χ2v) is 19.8. The number of anilines is 1. The van der Waals surface area contributed by atoms with Crippen molar-refractivity contribution in [1.29, 1.82) is 0 Å². The number of pyridine rings is 1. The van der Waals surface area contributed by atoms with Crippen molar-refractivity contribution >= 4 is 69.9 Å². The summed E-state index contributed by atoms with van der Waals surface area (Å²) in [5.41, 5.74) is 6.27. The van der Waals surface area contributed by atoms with Gasteiger partial charge in [0, 0.05) is 32.4 Å². The number of hydrogen-bond acceptors (Lipinski definition) is 2. The van der Waals surface area contributed by atoms with Gasteiger partial charge in [0.25, 0.3) is 0 Å². The van der Waals surface area contributed by atoms with E-state index in [1.165, 1.54) is 59.4 Å². The third-order valence-electron chi connectivity index (χ3n) is 9.93. The summed E-state index contributed by atoms with van der Waals surface area (Å²) in [6.45, 7) is 14.0. The lowest BCUT2D eigenvalue weighted by molar-refractivity contribution is 0.510. The van der Waals surface area contributed by atoms with Crippen LogP contribution in [0.25, 0.3) is 21.8 Å². The van der Waals surface area contributed by atoms with Gasteiger partial charge in [-0.05, 0) is 78.4 Å². The van der Waals surface area contributed by atoms with Crippen LogP contribution in [0.3, 0.4) is 0 Å². The number of rotatable bonds is 2. The van der Waals surface area contributed by atoms with Crippen molar-refractivity contribution < 1.29 is 0 Å². The van der Waals surface area contributed by atoms with Crippen LogP contribution in [0.5, 0.6) is 0 Å². The molecule has 8 rings (SSSR count). The lowest BCUT2D eigenvalue weighted by Crippen LogP contribution is -2.33. The van der Waals surface area contributed by atoms with E-state index >= 15 is 0 Å². The van der Waals surface area contributed by atoms with Crippen LogP contribution < -0.4 is 31.8 Å². The third kappa shape index (κ3) is 5.94. The van der Waals surface area contributed by atoms with Gasteiger partial charge in [-0.1, -0.05) is 157 Å². The summed E-state index contributed by atoms with van der Waals surface area (Å²) in [5.74, 6) is 0. The van der Waals surface area contributed by atoms with Crippen LogP contribution in [-0.4, -0.2) is 11.0 Å². The Labute approximate surface area is 293 Å². The van der Waals surface area contributed by atoms with Gasteiger partial charge in [-0.15, -0.1) is 0 Å². The molecular weight excluding hydrogens is 630 g/mol. The van der Waals surface area contributed by atoms with E-state index in [0.29, 0.717) is 0 Å². The zero-order valence-corrected chi connectivity index (χ0v) is 31.1. The van der Waals surface area contributed by atoms with Crippen molar-refractivity contribution in [1.82, 2.24) is 4.98 Å².